The Morgan fingerprint density at radius 1 is 0.609 bits per heavy atom. The number of amides is 1. The topological polar surface area (TPSA) is 92.7 Å². The number of ether oxygens (including phenoxy) is 1. The molecule has 1 atom stereocenters. The molecule has 0 saturated heterocycles. The molecule has 0 heterocycles. The van der Waals surface area contributed by atoms with Crippen molar-refractivity contribution in [1.29, 1.82) is 0 Å². The molecule has 0 spiro atoms. The van der Waals surface area contributed by atoms with Crippen molar-refractivity contribution in [3.63, 3.8) is 0 Å². The van der Waals surface area contributed by atoms with Gasteiger partial charge in [0, 0.05) is 12.8 Å². The summed E-state index contributed by atoms with van der Waals surface area (Å²) in [5.41, 5.74) is 0. The maximum atomic E-state index is 12.6. The third-order valence-electron chi connectivity index (χ3n) is 7.97. The number of allylic oxidation sites excluding steroid dienone is 7. The molecule has 0 radical (unpaired) electrons. The van der Waals surface area contributed by atoms with Gasteiger partial charge in [-0.25, -0.2) is 0 Å². The van der Waals surface area contributed by atoms with Crippen LogP contribution in [0.4, 0.5) is 0 Å². The van der Waals surface area contributed by atoms with Gasteiger partial charge in [-0.05, 0) is 76.7 Å². The Kier molecular flexibility index (Phi) is 33.2. The molecule has 0 saturated carbocycles. The first-order chi connectivity index (χ1) is 22.5. The van der Waals surface area contributed by atoms with Gasteiger partial charge in [-0.3, -0.25) is 14.4 Å². The van der Waals surface area contributed by atoms with Crippen molar-refractivity contribution < 1.29 is 24.2 Å². The summed E-state index contributed by atoms with van der Waals surface area (Å²) in [5, 5.41) is 11.1. The zero-order valence-corrected chi connectivity index (χ0v) is 29.7. The summed E-state index contributed by atoms with van der Waals surface area (Å²) in [4.78, 5) is 34.8. The highest BCUT2D eigenvalue weighted by Crippen LogP contribution is 2.15. The maximum Gasteiger partial charge on any atom is 0.322 e. The van der Waals surface area contributed by atoms with E-state index in [0.717, 1.165) is 77.0 Å². The molecule has 1 amide bonds. The summed E-state index contributed by atoms with van der Waals surface area (Å²) in [6.07, 6.45) is 43.8. The second kappa shape index (κ2) is 35.2. The highest BCUT2D eigenvalue weighted by molar-refractivity contribution is 5.80. The summed E-state index contributed by atoms with van der Waals surface area (Å²) in [6.45, 7) is 4.07. The highest BCUT2D eigenvalue weighted by atomic mass is 16.5. The van der Waals surface area contributed by atoms with E-state index < -0.39 is 5.97 Å². The standard InChI is InChI=1S/C40H69NO5/c1-3-5-7-9-11-13-14-15-16-17-18-19-20-21-23-25-31-35-40(45)46-37(32-28-24-22-12-10-8-6-4-2)33-29-26-27-30-34-38(42)41-36-39(43)44/h5,7,11,13,15-16,28,32,37H,3-4,6,8-10,12,14,17-27,29-31,33-36H2,1-2H3,(H,41,42)(H,43,44)/b7-5-,13-11-,16-15-,32-28-. The fourth-order valence-corrected chi connectivity index (χ4v) is 5.20. The first kappa shape index (κ1) is 43.4. The summed E-state index contributed by atoms with van der Waals surface area (Å²) in [5.74, 6) is -1.34. The van der Waals surface area contributed by atoms with Gasteiger partial charge in [0.1, 0.15) is 12.6 Å². The third kappa shape index (κ3) is 34.2. The molecule has 0 aliphatic rings. The van der Waals surface area contributed by atoms with Crippen molar-refractivity contribution in [1.82, 2.24) is 5.32 Å². The Balaban J connectivity index is 4.14. The Hall–Kier alpha value is -2.63. The lowest BCUT2D eigenvalue weighted by Crippen LogP contribution is -2.28. The van der Waals surface area contributed by atoms with Crippen LogP contribution in [-0.2, 0) is 19.1 Å². The van der Waals surface area contributed by atoms with E-state index >= 15 is 0 Å². The van der Waals surface area contributed by atoms with Crippen LogP contribution < -0.4 is 5.32 Å². The number of hydrogen-bond donors (Lipinski definition) is 2. The summed E-state index contributed by atoms with van der Waals surface area (Å²) in [7, 11) is 0. The quantitative estimate of drug-likeness (QED) is 0.0422. The molecule has 6 heteroatoms. The molecule has 6 nitrogen and oxygen atoms in total. The number of carboxylic acid groups (broad SMARTS) is 1. The average Bonchev–Trinajstić information content (AvgIpc) is 3.04. The SMILES string of the molecule is CC/C=C\C/C=C\C/C=C\CCCCCCCCCC(=O)OC(/C=C\CCCCCCCC)CCCCCCC(=O)NCC(=O)O. The minimum absolute atomic E-state index is 0.0941. The molecule has 0 aliphatic heterocycles. The number of carbonyl (C=O) groups is 3. The van der Waals surface area contributed by atoms with Crippen LogP contribution in [0.2, 0.25) is 0 Å². The van der Waals surface area contributed by atoms with Gasteiger partial charge >= 0.3 is 11.9 Å². The summed E-state index contributed by atoms with van der Waals surface area (Å²) < 4.78 is 5.88. The zero-order chi connectivity index (χ0) is 33.8. The van der Waals surface area contributed by atoms with Gasteiger partial charge in [0.15, 0.2) is 0 Å². The predicted octanol–water partition coefficient (Wildman–Crippen LogP) is 11.1. The van der Waals surface area contributed by atoms with Gasteiger partial charge in [-0.2, -0.15) is 0 Å². The Morgan fingerprint density at radius 3 is 1.76 bits per heavy atom. The van der Waals surface area contributed by atoms with Crippen molar-refractivity contribution in [2.75, 3.05) is 6.54 Å². The van der Waals surface area contributed by atoms with Crippen molar-refractivity contribution >= 4 is 17.8 Å². The number of esters is 1. The fraction of sp³-hybridized carbons (Fsp3) is 0.725. The van der Waals surface area contributed by atoms with Gasteiger partial charge in [0.2, 0.25) is 5.91 Å². The monoisotopic (exact) mass is 644 g/mol. The zero-order valence-electron chi connectivity index (χ0n) is 29.7. The average molecular weight is 644 g/mol. The van der Waals surface area contributed by atoms with Crippen LogP contribution in [-0.4, -0.2) is 35.6 Å². The molecule has 1 unspecified atom stereocenters. The number of rotatable bonds is 33. The van der Waals surface area contributed by atoms with Crippen LogP contribution in [0.3, 0.4) is 0 Å². The molecule has 0 aromatic heterocycles. The molecule has 0 rings (SSSR count). The van der Waals surface area contributed by atoms with Crippen LogP contribution in [0.1, 0.15) is 174 Å². The molecular weight excluding hydrogens is 574 g/mol. The second-order valence-corrected chi connectivity index (χ2v) is 12.4. The number of aliphatic carboxylic acids is 1. The Labute approximate surface area is 282 Å². The predicted molar refractivity (Wildman–Crippen MR) is 194 cm³/mol. The van der Waals surface area contributed by atoms with Crippen LogP contribution in [0.15, 0.2) is 48.6 Å². The third-order valence-corrected chi connectivity index (χ3v) is 7.97. The van der Waals surface area contributed by atoms with Crippen molar-refractivity contribution in [2.45, 2.75) is 180 Å². The van der Waals surface area contributed by atoms with E-state index in [0.29, 0.717) is 12.8 Å². The molecule has 0 fully saturated rings. The number of carboxylic acids is 1. The van der Waals surface area contributed by atoms with Gasteiger partial charge in [0.05, 0.1) is 0 Å². The van der Waals surface area contributed by atoms with E-state index in [1.807, 2.05) is 0 Å². The fourth-order valence-electron chi connectivity index (χ4n) is 5.20. The van der Waals surface area contributed by atoms with Crippen LogP contribution in [0.5, 0.6) is 0 Å². The normalized spacial score (nSPS) is 12.6. The van der Waals surface area contributed by atoms with Gasteiger partial charge in [-0.15, -0.1) is 0 Å². The molecule has 0 bridgehead atoms. The number of hydrogen-bond acceptors (Lipinski definition) is 4. The minimum atomic E-state index is -1.03. The lowest BCUT2D eigenvalue weighted by atomic mass is 10.1. The molecule has 46 heavy (non-hydrogen) atoms. The first-order valence-corrected chi connectivity index (χ1v) is 18.8. The first-order valence-electron chi connectivity index (χ1n) is 18.8. The smallest absolute Gasteiger partial charge is 0.322 e. The molecule has 0 aliphatic carbocycles. The van der Waals surface area contributed by atoms with E-state index in [2.05, 4.69) is 67.8 Å². The van der Waals surface area contributed by atoms with Crippen molar-refractivity contribution in [3.05, 3.63) is 48.6 Å². The van der Waals surface area contributed by atoms with Gasteiger partial charge in [-0.1, -0.05) is 133 Å². The minimum Gasteiger partial charge on any atom is -0.480 e. The number of unbranched alkanes of at least 4 members (excludes halogenated alkanes) is 16. The molecule has 2 N–H and O–H groups in total. The molecule has 0 aromatic carbocycles. The second-order valence-electron chi connectivity index (χ2n) is 12.4. The van der Waals surface area contributed by atoms with Crippen LogP contribution >= 0.6 is 0 Å². The Morgan fingerprint density at radius 2 is 1.13 bits per heavy atom. The highest BCUT2D eigenvalue weighted by Gasteiger charge is 2.12. The van der Waals surface area contributed by atoms with Crippen molar-refractivity contribution in [2.24, 2.45) is 0 Å². The van der Waals surface area contributed by atoms with Crippen molar-refractivity contribution in [3.8, 4) is 0 Å². The van der Waals surface area contributed by atoms with Gasteiger partial charge in [0.25, 0.3) is 0 Å². The summed E-state index contributed by atoms with van der Waals surface area (Å²) >= 11 is 0. The van der Waals surface area contributed by atoms with Crippen LogP contribution in [0.25, 0.3) is 0 Å². The summed E-state index contributed by atoms with van der Waals surface area (Å²) in [6, 6.07) is 0. The van der Waals surface area contributed by atoms with E-state index in [4.69, 9.17) is 9.84 Å². The lowest BCUT2D eigenvalue weighted by molar-refractivity contribution is -0.147. The van der Waals surface area contributed by atoms with E-state index in [1.165, 1.54) is 70.6 Å². The number of nitrogens with one attached hydrogen (secondary N) is 1. The van der Waals surface area contributed by atoms with E-state index in [9.17, 15) is 14.4 Å². The largest absolute Gasteiger partial charge is 0.480 e. The van der Waals surface area contributed by atoms with Gasteiger partial charge < -0.3 is 15.2 Å². The van der Waals surface area contributed by atoms with E-state index in [-0.39, 0.29) is 24.5 Å². The molecular formula is C40H69NO5. The Bertz CT molecular complexity index is 845. The number of carbonyl (C=O) groups excluding carboxylic acids is 2. The maximum absolute atomic E-state index is 12.6. The van der Waals surface area contributed by atoms with Crippen LogP contribution in [0, 0.1) is 0 Å². The molecule has 0 aromatic rings. The molecule has 264 valence electrons. The van der Waals surface area contributed by atoms with E-state index in [1.54, 1.807) is 0 Å². The lowest BCUT2D eigenvalue weighted by Gasteiger charge is -2.15.